The van der Waals surface area contributed by atoms with E-state index in [0.717, 1.165) is 63.1 Å². The smallest absolute Gasteiger partial charge is 0.191 e. The summed E-state index contributed by atoms with van der Waals surface area (Å²) in [6, 6.07) is 6.37. The normalized spacial score (nSPS) is 17.4. The van der Waals surface area contributed by atoms with Gasteiger partial charge in [-0.15, -0.1) is 0 Å². The average molecular weight is 377 g/mol. The molecule has 2 N–H and O–H groups in total. The SMILES string of the molecule is CCN(CC)CCNC(=NC)NCc1ccc(C)cc1OCC1CCOC1. The summed E-state index contributed by atoms with van der Waals surface area (Å²) in [4.78, 5) is 6.71. The Hall–Kier alpha value is -1.79. The highest BCUT2D eigenvalue weighted by Gasteiger charge is 2.17. The summed E-state index contributed by atoms with van der Waals surface area (Å²) >= 11 is 0. The van der Waals surface area contributed by atoms with E-state index < -0.39 is 0 Å². The van der Waals surface area contributed by atoms with Crippen molar-refractivity contribution in [3.8, 4) is 5.75 Å². The van der Waals surface area contributed by atoms with E-state index in [1.807, 2.05) is 0 Å². The maximum atomic E-state index is 6.12. The van der Waals surface area contributed by atoms with E-state index in [1.165, 1.54) is 5.56 Å². The zero-order valence-electron chi connectivity index (χ0n) is 17.4. The summed E-state index contributed by atoms with van der Waals surface area (Å²) in [5.74, 6) is 2.27. The van der Waals surface area contributed by atoms with Gasteiger partial charge in [-0.3, -0.25) is 4.99 Å². The molecule has 6 heteroatoms. The second kappa shape index (κ2) is 11.8. The maximum Gasteiger partial charge on any atom is 0.191 e. The van der Waals surface area contributed by atoms with Crippen LogP contribution >= 0.6 is 0 Å². The zero-order chi connectivity index (χ0) is 19.5. The van der Waals surface area contributed by atoms with Gasteiger partial charge in [0.15, 0.2) is 5.96 Å². The van der Waals surface area contributed by atoms with Crippen LogP contribution in [0.1, 0.15) is 31.4 Å². The number of hydrogen-bond donors (Lipinski definition) is 2. The van der Waals surface area contributed by atoms with E-state index in [0.29, 0.717) is 19.1 Å². The summed E-state index contributed by atoms with van der Waals surface area (Å²) in [6.45, 7) is 13.6. The fourth-order valence-corrected chi connectivity index (χ4v) is 3.14. The number of nitrogens with one attached hydrogen (secondary N) is 2. The second-order valence-corrected chi connectivity index (χ2v) is 7.03. The molecule has 6 nitrogen and oxygen atoms in total. The molecule has 1 aliphatic rings. The van der Waals surface area contributed by atoms with Crippen LogP contribution in [0.2, 0.25) is 0 Å². The number of aliphatic imine (C=N–C) groups is 1. The van der Waals surface area contributed by atoms with E-state index in [2.05, 4.69) is 59.5 Å². The Balaban J connectivity index is 1.85. The molecule has 1 aromatic carbocycles. The standard InChI is InChI=1S/C21H36N4O2/c1-5-25(6-2)11-10-23-21(22-4)24-14-19-8-7-17(3)13-20(19)27-16-18-9-12-26-15-18/h7-8,13,18H,5-6,9-12,14-16H2,1-4H3,(H2,22,23,24). The number of benzene rings is 1. The predicted octanol–water partition coefficient (Wildman–Crippen LogP) is 2.42. The first-order valence-electron chi connectivity index (χ1n) is 10.1. The van der Waals surface area contributed by atoms with Crippen molar-refractivity contribution in [2.45, 2.75) is 33.7 Å². The van der Waals surface area contributed by atoms with E-state index in [4.69, 9.17) is 9.47 Å². The molecule has 1 saturated heterocycles. The number of aryl methyl sites for hydroxylation is 1. The molecule has 0 bridgehead atoms. The number of rotatable bonds is 10. The molecule has 0 radical (unpaired) electrons. The summed E-state index contributed by atoms with van der Waals surface area (Å²) in [5, 5.41) is 6.79. The molecule has 1 aliphatic heterocycles. The van der Waals surface area contributed by atoms with Crippen molar-refractivity contribution in [1.82, 2.24) is 15.5 Å². The molecule has 0 aliphatic carbocycles. The molecular weight excluding hydrogens is 340 g/mol. The van der Waals surface area contributed by atoms with Crippen molar-refractivity contribution in [1.29, 1.82) is 0 Å². The maximum absolute atomic E-state index is 6.12. The molecule has 0 spiro atoms. The number of ether oxygens (including phenoxy) is 2. The lowest BCUT2D eigenvalue weighted by molar-refractivity contribution is 0.166. The largest absolute Gasteiger partial charge is 0.493 e. The molecule has 1 atom stereocenters. The van der Waals surface area contributed by atoms with Crippen molar-refractivity contribution >= 4 is 5.96 Å². The minimum absolute atomic E-state index is 0.501. The van der Waals surface area contributed by atoms with Crippen molar-refractivity contribution in [3.63, 3.8) is 0 Å². The van der Waals surface area contributed by atoms with Gasteiger partial charge in [-0.05, 0) is 38.1 Å². The van der Waals surface area contributed by atoms with Crippen molar-refractivity contribution in [3.05, 3.63) is 29.3 Å². The Labute approximate surface area is 164 Å². The van der Waals surface area contributed by atoms with Gasteiger partial charge in [0.2, 0.25) is 0 Å². The monoisotopic (exact) mass is 376 g/mol. The first-order chi connectivity index (χ1) is 13.2. The summed E-state index contributed by atoms with van der Waals surface area (Å²) in [6.07, 6.45) is 1.09. The first-order valence-corrected chi connectivity index (χ1v) is 10.1. The van der Waals surface area contributed by atoms with Crippen LogP contribution in [0.5, 0.6) is 5.75 Å². The van der Waals surface area contributed by atoms with Crippen molar-refractivity contribution < 1.29 is 9.47 Å². The van der Waals surface area contributed by atoms with Crippen LogP contribution in [0, 0.1) is 12.8 Å². The topological polar surface area (TPSA) is 58.1 Å². The Bertz CT molecular complexity index is 582. The molecule has 1 unspecified atom stereocenters. The van der Waals surface area contributed by atoms with Crippen LogP contribution in [0.15, 0.2) is 23.2 Å². The van der Waals surface area contributed by atoms with Crippen molar-refractivity contribution in [2.24, 2.45) is 10.9 Å². The van der Waals surface area contributed by atoms with Crippen LogP contribution in [-0.2, 0) is 11.3 Å². The molecule has 1 aromatic rings. The van der Waals surface area contributed by atoms with Crippen LogP contribution in [-0.4, -0.2) is 63.9 Å². The highest BCUT2D eigenvalue weighted by atomic mass is 16.5. The third-order valence-corrected chi connectivity index (χ3v) is 5.01. The highest BCUT2D eigenvalue weighted by Crippen LogP contribution is 2.22. The molecule has 0 saturated carbocycles. The zero-order valence-corrected chi connectivity index (χ0v) is 17.4. The van der Waals surface area contributed by atoms with Gasteiger partial charge in [0.25, 0.3) is 0 Å². The number of likely N-dealkylation sites (N-methyl/N-ethyl adjacent to an activating group) is 1. The fourth-order valence-electron chi connectivity index (χ4n) is 3.14. The lowest BCUT2D eigenvalue weighted by Gasteiger charge is -2.20. The van der Waals surface area contributed by atoms with Gasteiger partial charge >= 0.3 is 0 Å². The van der Waals surface area contributed by atoms with Gasteiger partial charge < -0.3 is 25.0 Å². The average Bonchev–Trinajstić information content (AvgIpc) is 3.20. The minimum atomic E-state index is 0.501. The third kappa shape index (κ3) is 7.39. The number of guanidine groups is 1. The van der Waals surface area contributed by atoms with E-state index in [1.54, 1.807) is 7.05 Å². The van der Waals surface area contributed by atoms with E-state index in [9.17, 15) is 0 Å². The van der Waals surface area contributed by atoms with E-state index in [-0.39, 0.29) is 0 Å². The van der Waals surface area contributed by atoms with Crippen LogP contribution in [0.3, 0.4) is 0 Å². The Morgan fingerprint density at radius 2 is 2.11 bits per heavy atom. The van der Waals surface area contributed by atoms with Gasteiger partial charge in [0.05, 0.1) is 13.2 Å². The number of nitrogens with zero attached hydrogens (tertiary/aromatic N) is 2. The fraction of sp³-hybridized carbons (Fsp3) is 0.667. The Morgan fingerprint density at radius 1 is 1.30 bits per heavy atom. The molecule has 152 valence electrons. The van der Waals surface area contributed by atoms with Gasteiger partial charge in [0.1, 0.15) is 5.75 Å². The molecule has 1 fully saturated rings. The van der Waals surface area contributed by atoms with Crippen LogP contribution in [0.25, 0.3) is 0 Å². The van der Waals surface area contributed by atoms with E-state index >= 15 is 0 Å². The van der Waals surface area contributed by atoms with Gasteiger partial charge in [-0.25, -0.2) is 0 Å². The third-order valence-electron chi connectivity index (χ3n) is 5.01. The highest BCUT2D eigenvalue weighted by molar-refractivity contribution is 5.79. The van der Waals surface area contributed by atoms with Gasteiger partial charge in [0, 0.05) is 44.8 Å². The van der Waals surface area contributed by atoms with Crippen molar-refractivity contribution in [2.75, 3.05) is 53.0 Å². The quantitative estimate of drug-likeness (QED) is 0.485. The summed E-state index contributed by atoms with van der Waals surface area (Å²) in [7, 11) is 1.80. The molecular formula is C21H36N4O2. The molecule has 0 amide bonds. The van der Waals surface area contributed by atoms with Gasteiger partial charge in [-0.1, -0.05) is 26.0 Å². The molecule has 27 heavy (non-hydrogen) atoms. The van der Waals surface area contributed by atoms with Gasteiger partial charge in [-0.2, -0.15) is 0 Å². The van der Waals surface area contributed by atoms with Crippen LogP contribution in [0.4, 0.5) is 0 Å². The second-order valence-electron chi connectivity index (χ2n) is 7.03. The molecule has 1 heterocycles. The molecule has 0 aromatic heterocycles. The summed E-state index contributed by atoms with van der Waals surface area (Å²) < 4.78 is 11.6. The van der Waals surface area contributed by atoms with Crippen LogP contribution < -0.4 is 15.4 Å². The number of hydrogen-bond acceptors (Lipinski definition) is 4. The Morgan fingerprint density at radius 3 is 2.78 bits per heavy atom. The predicted molar refractivity (Wildman–Crippen MR) is 112 cm³/mol. The lowest BCUT2D eigenvalue weighted by atomic mass is 10.1. The minimum Gasteiger partial charge on any atom is -0.493 e. The lowest BCUT2D eigenvalue weighted by Crippen LogP contribution is -2.41. The summed E-state index contributed by atoms with van der Waals surface area (Å²) in [5.41, 5.74) is 2.35. The first kappa shape index (κ1) is 21.5. The Kier molecular flexibility index (Phi) is 9.42. The molecule has 2 rings (SSSR count).